The van der Waals surface area contributed by atoms with Gasteiger partial charge in [-0.2, -0.15) is 4.99 Å². The van der Waals surface area contributed by atoms with E-state index in [9.17, 15) is 4.79 Å². The fraction of sp³-hybridized carbons (Fsp3) is 0.125. The molecule has 116 valence electrons. The molecule has 0 spiro atoms. The van der Waals surface area contributed by atoms with E-state index in [4.69, 9.17) is 21.1 Å². The van der Waals surface area contributed by atoms with Crippen LogP contribution in [0.2, 0.25) is 5.02 Å². The molecular formula is C16H11ClN2O3S. The first-order valence-corrected chi connectivity index (χ1v) is 8.06. The van der Waals surface area contributed by atoms with E-state index in [0.29, 0.717) is 26.9 Å². The van der Waals surface area contributed by atoms with Crippen molar-refractivity contribution < 1.29 is 14.3 Å². The largest absolute Gasteiger partial charge is 0.454 e. The molecule has 2 heterocycles. The number of thiazole rings is 1. The third-order valence-electron chi connectivity index (χ3n) is 3.59. The number of nitrogens with zero attached hydrogens (tertiary/aromatic N) is 2. The highest BCUT2D eigenvalue weighted by atomic mass is 35.5. The van der Waals surface area contributed by atoms with Gasteiger partial charge in [-0.15, -0.1) is 0 Å². The summed E-state index contributed by atoms with van der Waals surface area (Å²) in [5, 5.41) is 0.637. The second-order valence-corrected chi connectivity index (χ2v) is 6.43. The van der Waals surface area contributed by atoms with Gasteiger partial charge in [-0.3, -0.25) is 4.79 Å². The summed E-state index contributed by atoms with van der Waals surface area (Å²) in [6.07, 6.45) is 0. The Balaban J connectivity index is 1.80. The number of fused-ring (bicyclic) bond motifs is 2. The van der Waals surface area contributed by atoms with Crippen LogP contribution in [-0.2, 0) is 7.05 Å². The van der Waals surface area contributed by atoms with E-state index < -0.39 is 0 Å². The van der Waals surface area contributed by atoms with Crippen molar-refractivity contribution in [3.05, 3.63) is 51.8 Å². The van der Waals surface area contributed by atoms with Gasteiger partial charge < -0.3 is 14.0 Å². The highest BCUT2D eigenvalue weighted by Gasteiger charge is 2.16. The third kappa shape index (κ3) is 2.40. The van der Waals surface area contributed by atoms with Crippen LogP contribution in [0.5, 0.6) is 11.5 Å². The van der Waals surface area contributed by atoms with E-state index >= 15 is 0 Å². The summed E-state index contributed by atoms with van der Waals surface area (Å²) < 4.78 is 13.3. The van der Waals surface area contributed by atoms with Crippen LogP contribution in [-0.4, -0.2) is 17.3 Å². The number of hydrogen-bond acceptors (Lipinski definition) is 4. The van der Waals surface area contributed by atoms with Gasteiger partial charge in [-0.05, 0) is 30.3 Å². The van der Waals surface area contributed by atoms with Crippen LogP contribution in [0.25, 0.3) is 10.2 Å². The van der Waals surface area contributed by atoms with Crippen LogP contribution in [0.3, 0.4) is 0 Å². The summed E-state index contributed by atoms with van der Waals surface area (Å²) in [5.41, 5.74) is 1.33. The van der Waals surface area contributed by atoms with E-state index in [2.05, 4.69) is 4.99 Å². The summed E-state index contributed by atoms with van der Waals surface area (Å²) in [6.45, 7) is 0.174. The lowest BCUT2D eigenvalue weighted by Gasteiger charge is -1.99. The number of carbonyl (C=O) groups excluding carboxylic acids is 1. The molecule has 0 bridgehead atoms. The second-order valence-electron chi connectivity index (χ2n) is 5.02. The zero-order valence-electron chi connectivity index (χ0n) is 12.1. The molecule has 1 amide bonds. The van der Waals surface area contributed by atoms with Gasteiger partial charge in [0.25, 0.3) is 5.91 Å². The number of halogens is 1. The van der Waals surface area contributed by atoms with Crippen LogP contribution in [0.4, 0.5) is 0 Å². The minimum atomic E-state index is -0.332. The topological polar surface area (TPSA) is 52.8 Å². The van der Waals surface area contributed by atoms with Crippen molar-refractivity contribution in [2.45, 2.75) is 0 Å². The zero-order chi connectivity index (χ0) is 16.0. The molecule has 4 rings (SSSR count). The number of hydrogen-bond donors (Lipinski definition) is 0. The van der Waals surface area contributed by atoms with Gasteiger partial charge in [-0.25, -0.2) is 0 Å². The number of benzene rings is 2. The minimum absolute atomic E-state index is 0.174. The van der Waals surface area contributed by atoms with Gasteiger partial charge in [0, 0.05) is 12.6 Å². The SMILES string of the molecule is Cn1c(=NC(=O)c2ccc3c(c2)OCO3)sc2cccc(Cl)c21. The average molecular weight is 347 g/mol. The van der Waals surface area contributed by atoms with Crippen molar-refractivity contribution in [3.63, 3.8) is 0 Å². The number of ether oxygens (including phenoxy) is 2. The molecule has 2 aromatic carbocycles. The number of para-hydroxylation sites is 1. The molecule has 0 saturated heterocycles. The highest BCUT2D eigenvalue weighted by molar-refractivity contribution is 7.16. The van der Waals surface area contributed by atoms with E-state index in [0.717, 1.165) is 10.2 Å². The number of amides is 1. The Hall–Kier alpha value is -2.31. The molecule has 0 fully saturated rings. The fourth-order valence-electron chi connectivity index (χ4n) is 2.44. The third-order valence-corrected chi connectivity index (χ3v) is 4.99. The Morgan fingerprint density at radius 3 is 2.91 bits per heavy atom. The first-order chi connectivity index (χ1) is 11.1. The molecule has 3 aromatic rings. The average Bonchev–Trinajstić information content (AvgIpc) is 3.12. The molecule has 1 aliphatic heterocycles. The predicted octanol–water partition coefficient (Wildman–Crippen LogP) is 3.36. The predicted molar refractivity (Wildman–Crippen MR) is 88.3 cm³/mol. The number of rotatable bonds is 1. The fourth-order valence-corrected chi connectivity index (χ4v) is 3.85. The molecule has 23 heavy (non-hydrogen) atoms. The Kier molecular flexibility index (Phi) is 3.36. The molecule has 1 aliphatic rings. The van der Waals surface area contributed by atoms with E-state index in [1.807, 2.05) is 29.8 Å². The van der Waals surface area contributed by atoms with Gasteiger partial charge in [0.2, 0.25) is 6.79 Å². The number of carbonyl (C=O) groups is 1. The summed E-state index contributed by atoms with van der Waals surface area (Å²) in [7, 11) is 1.84. The standard InChI is InChI=1S/C16H11ClN2O3S/c1-19-14-10(17)3-2-4-13(14)23-16(19)18-15(20)9-5-6-11-12(7-9)22-8-21-11/h2-7H,8H2,1H3. The van der Waals surface area contributed by atoms with E-state index in [1.54, 1.807) is 18.2 Å². The molecule has 0 radical (unpaired) electrons. The molecule has 0 unspecified atom stereocenters. The smallest absolute Gasteiger partial charge is 0.279 e. The summed E-state index contributed by atoms with van der Waals surface area (Å²) >= 11 is 7.64. The lowest BCUT2D eigenvalue weighted by atomic mass is 10.2. The lowest BCUT2D eigenvalue weighted by Crippen LogP contribution is -2.13. The zero-order valence-corrected chi connectivity index (χ0v) is 13.6. The molecule has 0 N–H and O–H groups in total. The van der Waals surface area contributed by atoms with Crippen molar-refractivity contribution in [1.82, 2.24) is 4.57 Å². The van der Waals surface area contributed by atoms with Crippen LogP contribution >= 0.6 is 22.9 Å². The van der Waals surface area contributed by atoms with E-state index in [1.165, 1.54) is 11.3 Å². The highest BCUT2D eigenvalue weighted by Crippen LogP contribution is 2.32. The molecule has 0 aliphatic carbocycles. The van der Waals surface area contributed by atoms with Crippen LogP contribution in [0.1, 0.15) is 10.4 Å². The van der Waals surface area contributed by atoms with E-state index in [-0.39, 0.29) is 12.7 Å². The lowest BCUT2D eigenvalue weighted by molar-refractivity contribution is 0.0997. The molecule has 5 nitrogen and oxygen atoms in total. The second kappa shape index (κ2) is 5.40. The first-order valence-electron chi connectivity index (χ1n) is 6.86. The Labute approximate surface area is 140 Å². The van der Waals surface area contributed by atoms with Crippen molar-refractivity contribution in [2.75, 3.05) is 6.79 Å². The van der Waals surface area contributed by atoms with Crippen molar-refractivity contribution in [3.8, 4) is 11.5 Å². The summed E-state index contributed by atoms with van der Waals surface area (Å²) in [6, 6.07) is 10.7. The monoisotopic (exact) mass is 346 g/mol. The Morgan fingerprint density at radius 1 is 1.26 bits per heavy atom. The van der Waals surface area contributed by atoms with Crippen LogP contribution in [0, 0.1) is 0 Å². The van der Waals surface area contributed by atoms with Gasteiger partial charge in [-0.1, -0.05) is 29.0 Å². The van der Waals surface area contributed by atoms with Gasteiger partial charge in [0.05, 0.1) is 15.2 Å². The normalized spacial score (nSPS) is 13.7. The van der Waals surface area contributed by atoms with Crippen LogP contribution < -0.4 is 14.3 Å². The molecule has 7 heteroatoms. The van der Waals surface area contributed by atoms with Crippen LogP contribution in [0.15, 0.2) is 41.4 Å². The Bertz CT molecular complexity index is 1010. The maximum atomic E-state index is 12.4. The minimum Gasteiger partial charge on any atom is -0.454 e. The summed E-state index contributed by atoms with van der Waals surface area (Å²) in [4.78, 5) is 17.2. The number of aromatic nitrogens is 1. The maximum absolute atomic E-state index is 12.4. The van der Waals surface area contributed by atoms with Crippen molar-refractivity contribution >= 4 is 39.1 Å². The summed E-state index contributed by atoms with van der Waals surface area (Å²) in [5.74, 6) is 0.872. The molecule has 0 saturated carbocycles. The van der Waals surface area contributed by atoms with Gasteiger partial charge in [0.1, 0.15) is 0 Å². The first kappa shape index (κ1) is 14.3. The van der Waals surface area contributed by atoms with Crippen molar-refractivity contribution in [1.29, 1.82) is 0 Å². The molecule has 1 aromatic heterocycles. The van der Waals surface area contributed by atoms with Crippen molar-refractivity contribution in [2.24, 2.45) is 12.0 Å². The number of aryl methyl sites for hydroxylation is 1. The van der Waals surface area contributed by atoms with Gasteiger partial charge >= 0.3 is 0 Å². The molecular weight excluding hydrogens is 336 g/mol. The quantitative estimate of drug-likeness (QED) is 0.679. The Morgan fingerprint density at radius 2 is 2.09 bits per heavy atom. The maximum Gasteiger partial charge on any atom is 0.279 e. The van der Waals surface area contributed by atoms with Gasteiger partial charge in [0.15, 0.2) is 16.3 Å². The molecule has 0 atom stereocenters.